The minimum absolute atomic E-state index is 0. The highest BCUT2D eigenvalue weighted by atomic mass is 127. The van der Waals surface area contributed by atoms with Gasteiger partial charge in [0.15, 0.2) is 17.6 Å². The molecule has 1 fully saturated rings. The lowest BCUT2D eigenvalue weighted by molar-refractivity contribution is -0.137. The van der Waals surface area contributed by atoms with Gasteiger partial charge in [-0.05, 0) is 42.8 Å². The fourth-order valence-electron chi connectivity index (χ4n) is 3.09. The van der Waals surface area contributed by atoms with E-state index in [-0.39, 0.29) is 42.4 Å². The van der Waals surface area contributed by atoms with Gasteiger partial charge < -0.3 is 15.5 Å². The SMILES string of the molecule is CN=C(NCC#Cc1ccc(C(F)(F)F)cc1)NC1CCN(c2ncccc2F)C1.I. The monoisotopic (exact) mass is 547 g/mol. The number of hydrogen-bond acceptors (Lipinski definition) is 3. The largest absolute Gasteiger partial charge is 0.416 e. The van der Waals surface area contributed by atoms with Crippen molar-refractivity contribution in [1.29, 1.82) is 0 Å². The number of aliphatic imine (C=N–C) groups is 1. The second kappa shape index (κ2) is 11.2. The third-order valence-electron chi connectivity index (χ3n) is 4.58. The number of nitrogens with one attached hydrogen (secondary N) is 2. The molecule has 0 amide bonds. The zero-order chi connectivity index (χ0) is 21.6. The van der Waals surface area contributed by atoms with Crippen LogP contribution in [-0.4, -0.2) is 43.7 Å². The third kappa shape index (κ3) is 6.99. The molecule has 5 nitrogen and oxygen atoms in total. The van der Waals surface area contributed by atoms with Gasteiger partial charge in [0.05, 0.1) is 12.1 Å². The standard InChI is InChI=1S/C21H21F4N5.HI/c1-26-20(28-12-2-4-15-6-8-16(9-7-15)21(23,24)25)29-17-10-13-30(14-17)19-18(22)5-3-11-27-19;/h3,5-9,11,17H,10,12-14H2,1H3,(H2,26,28,29);1H. The van der Waals surface area contributed by atoms with Crippen molar-refractivity contribution in [3.05, 3.63) is 59.5 Å². The van der Waals surface area contributed by atoms with Gasteiger partial charge in [-0.25, -0.2) is 9.37 Å². The normalized spacial score (nSPS) is 16.2. The molecule has 31 heavy (non-hydrogen) atoms. The lowest BCUT2D eigenvalue weighted by Crippen LogP contribution is -2.44. The second-order valence-electron chi connectivity index (χ2n) is 6.69. The highest BCUT2D eigenvalue weighted by Gasteiger charge is 2.29. The Bertz CT molecular complexity index is 951. The van der Waals surface area contributed by atoms with Crippen LogP contribution >= 0.6 is 24.0 Å². The second-order valence-corrected chi connectivity index (χ2v) is 6.69. The van der Waals surface area contributed by atoms with Crippen molar-refractivity contribution in [2.24, 2.45) is 4.99 Å². The molecule has 2 aromatic rings. The van der Waals surface area contributed by atoms with Gasteiger partial charge in [0.1, 0.15) is 0 Å². The zero-order valence-corrected chi connectivity index (χ0v) is 19.0. The number of anilines is 1. The lowest BCUT2D eigenvalue weighted by atomic mass is 10.1. The van der Waals surface area contributed by atoms with Crippen LogP contribution in [0.2, 0.25) is 0 Å². The Morgan fingerprint density at radius 1 is 1.26 bits per heavy atom. The van der Waals surface area contributed by atoms with Crippen molar-refractivity contribution in [2.45, 2.75) is 18.6 Å². The van der Waals surface area contributed by atoms with Crippen molar-refractivity contribution < 1.29 is 17.6 Å². The molecule has 0 radical (unpaired) electrons. The molecule has 0 bridgehead atoms. The quantitative estimate of drug-likeness (QED) is 0.203. The van der Waals surface area contributed by atoms with Gasteiger partial charge in [-0.2, -0.15) is 13.2 Å². The molecule has 0 aliphatic carbocycles. The van der Waals surface area contributed by atoms with Crippen LogP contribution in [0.4, 0.5) is 23.4 Å². The van der Waals surface area contributed by atoms with Gasteiger partial charge >= 0.3 is 6.18 Å². The van der Waals surface area contributed by atoms with E-state index in [0.717, 1.165) is 18.6 Å². The summed E-state index contributed by atoms with van der Waals surface area (Å²) in [5.41, 5.74) is -0.205. The molecule has 166 valence electrons. The van der Waals surface area contributed by atoms with Gasteiger partial charge in [-0.15, -0.1) is 24.0 Å². The van der Waals surface area contributed by atoms with E-state index < -0.39 is 11.7 Å². The first-order valence-electron chi connectivity index (χ1n) is 9.35. The summed E-state index contributed by atoms with van der Waals surface area (Å²) in [5, 5.41) is 6.31. The lowest BCUT2D eigenvalue weighted by Gasteiger charge is -2.19. The number of hydrogen-bond donors (Lipinski definition) is 2. The number of pyridine rings is 1. The van der Waals surface area contributed by atoms with E-state index >= 15 is 0 Å². The molecule has 1 aromatic carbocycles. The van der Waals surface area contributed by atoms with E-state index in [9.17, 15) is 17.6 Å². The number of halogens is 5. The van der Waals surface area contributed by atoms with Crippen LogP contribution in [0.15, 0.2) is 47.6 Å². The Morgan fingerprint density at radius 2 is 2.00 bits per heavy atom. The third-order valence-corrected chi connectivity index (χ3v) is 4.58. The Kier molecular flexibility index (Phi) is 8.91. The van der Waals surface area contributed by atoms with Gasteiger partial charge in [-0.3, -0.25) is 4.99 Å². The Morgan fingerprint density at radius 3 is 2.65 bits per heavy atom. The van der Waals surface area contributed by atoms with Gasteiger partial charge in [0, 0.05) is 37.9 Å². The topological polar surface area (TPSA) is 52.6 Å². The summed E-state index contributed by atoms with van der Waals surface area (Å²) >= 11 is 0. The van der Waals surface area contributed by atoms with E-state index in [1.54, 1.807) is 19.3 Å². The van der Waals surface area contributed by atoms with Crippen LogP contribution in [0, 0.1) is 17.7 Å². The highest BCUT2D eigenvalue weighted by molar-refractivity contribution is 14.0. The van der Waals surface area contributed by atoms with Crippen molar-refractivity contribution in [1.82, 2.24) is 15.6 Å². The van der Waals surface area contributed by atoms with Crippen molar-refractivity contribution in [3.63, 3.8) is 0 Å². The Balaban J connectivity index is 0.00000341. The molecule has 1 saturated heterocycles. The molecule has 1 aliphatic heterocycles. The van der Waals surface area contributed by atoms with E-state index in [4.69, 9.17) is 0 Å². The highest BCUT2D eigenvalue weighted by Crippen LogP contribution is 2.28. The molecule has 10 heteroatoms. The molecule has 2 heterocycles. The molecule has 1 atom stereocenters. The maximum absolute atomic E-state index is 13.9. The van der Waals surface area contributed by atoms with Crippen LogP contribution in [0.25, 0.3) is 0 Å². The first-order chi connectivity index (χ1) is 14.4. The van der Waals surface area contributed by atoms with Crippen LogP contribution in [0.5, 0.6) is 0 Å². The first kappa shape index (κ1) is 24.7. The molecular formula is C21H22F4IN5. The summed E-state index contributed by atoms with van der Waals surface area (Å²) in [5.74, 6) is 6.21. The van der Waals surface area contributed by atoms with Crippen LogP contribution in [0.3, 0.4) is 0 Å². The predicted octanol–water partition coefficient (Wildman–Crippen LogP) is 3.65. The maximum Gasteiger partial charge on any atom is 0.416 e. The smallest absolute Gasteiger partial charge is 0.352 e. The summed E-state index contributed by atoms with van der Waals surface area (Å²) in [4.78, 5) is 10.1. The Labute approximate surface area is 195 Å². The number of aromatic nitrogens is 1. The minimum Gasteiger partial charge on any atom is -0.352 e. The summed E-state index contributed by atoms with van der Waals surface area (Å²) < 4.78 is 51.6. The first-order valence-corrected chi connectivity index (χ1v) is 9.35. The fourth-order valence-corrected chi connectivity index (χ4v) is 3.09. The molecule has 1 aromatic heterocycles. The molecule has 3 rings (SSSR count). The van der Waals surface area contributed by atoms with Crippen LogP contribution < -0.4 is 15.5 Å². The summed E-state index contributed by atoms with van der Waals surface area (Å²) in [6, 6.07) is 7.71. The number of alkyl halides is 3. The van der Waals surface area contributed by atoms with E-state index in [0.29, 0.717) is 30.4 Å². The summed E-state index contributed by atoms with van der Waals surface area (Å²) in [6.07, 6.45) is -1.99. The maximum atomic E-state index is 13.9. The molecule has 0 saturated carbocycles. The van der Waals surface area contributed by atoms with Crippen LogP contribution in [0.1, 0.15) is 17.5 Å². The van der Waals surface area contributed by atoms with Gasteiger partial charge in [0.25, 0.3) is 0 Å². The number of benzene rings is 1. The van der Waals surface area contributed by atoms with Gasteiger partial charge in [0.2, 0.25) is 0 Å². The average molecular weight is 547 g/mol. The number of guanidine groups is 1. The predicted molar refractivity (Wildman–Crippen MR) is 123 cm³/mol. The molecular weight excluding hydrogens is 525 g/mol. The minimum atomic E-state index is -4.36. The molecule has 0 spiro atoms. The van der Waals surface area contributed by atoms with Crippen molar-refractivity contribution in [3.8, 4) is 11.8 Å². The van der Waals surface area contributed by atoms with Crippen LogP contribution in [-0.2, 0) is 6.18 Å². The fraction of sp³-hybridized carbons (Fsp3) is 0.333. The summed E-state index contributed by atoms with van der Waals surface area (Å²) in [7, 11) is 1.63. The van der Waals surface area contributed by atoms with E-state index in [1.165, 1.54) is 18.2 Å². The van der Waals surface area contributed by atoms with Crippen molar-refractivity contribution >= 4 is 35.8 Å². The molecule has 1 aliphatic rings. The number of rotatable bonds is 3. The van der Waals surface area contributed by atoms with Gasteiger partial charge in [-0.1, -0.05) is 11.8 Å². The zero-order valence-electron chi connectivity index (χ0n) is 16.7. The number of nitrogens with zero attached hydrogens (tertiary/aromatic N) is 3. The van der Waals surface area contributed by atoms with E-state index in [1.807, 2.05) is 4.90 Å². The Hall–Kier alpha value is -2.55. The molecule has 2 N–H and O–H groups in total. The van der Waals surface area contributed by atoms with E-state index in [2.05, 4.69) is 32.5 Å². The summed E-state index contributed by atoms with van der Waals surface area (Å²) in [6.45, 7) is 1.54. The average Bonchev–Trinajstić information content (AvgIpc) is 3.18. The molecule has 1 unspecified atom stereocenters. The van der Waals surface area contributed by atoms with Crippen molar-refractivity contribution in [2.75, 3.05) is 31.6 Å².